The molecule has 0 aromatic heterocycles. The average molecular weight is 478 g/mol. The van der Waals surface area contributed by atoms with Crippen LogP contribution in [0.2, 0.25) is 5.02 Å². The molecule has 1 fully saturated rings. The molecule has 7 nitrogen and oxygen atoms in total. The Morgan fingerprint density at radius 1 is 1.00 bits per heavy atom. The van der Waals surface area contributed by atoms with Gasteiger partial charge in [-0.2, -0.15) is 4.31 Å². The van der Waals surface area contributed by atoms with Gasteiger partial charge in [0.2, 0.25) is 15.9 Å². The predicted molar refractivity (Wildman–Crippen MR) is 125 cm³/mol. The van der Waals surface area contributed by atoms with Crippen LogP contribution in [0, 0.1) is 11.8 Å². The van der Waals surface area contributed by atoms with Crippen molar-refractivity contribution in [3.63, 3.8) is 0 Å². The third kappa shape index (κ3) is 6.31. The van der Waals surface area contributed by atoms with Gasteiger partial charge in [0.25, 0.3) is 5.91 Å². The van der Waals surface area contributed by atoms with E-state index in [0.29, 0.717) is 41.2 Å². The zero-order chi connectivity index (χ0) is 23.3. The Morgan fingerprint density at radius 3 is 2.19 bits per heavy atom. The minimum atomic E-state index is -3.56. The maximum absolute atomic E-state index is 12.9. The van der Waals surface area contributed by atoms with Gasteiger partial charge in [-0.05, 0) is 66.8 Å². The topological polar surface area (TPSA) is 95.6 Å². The number of rotatable bonds is 7. The average Bonchev–Trinajstić information content (AvgIpc) is 2.74. The third-order valence-corrected chi connectivity index (χ3v) is 7.45. The lowest BCUT2D eigenvalue weighted by Gasteiger charge is -2.34. The Hall–Kier alpha value is -2.42. The van der Waals surface area contributed by atoms with Gasteiger partial charge < -0.3 is 10.6 Å². The highest BCUT2D eigenvalue weighted by Crippen LogP contribution is 2.27. The number of anilines is 1. The number of piperidine rings is 1. The summed E-state index contributed by atoms with van der Waals surface area (Å²) < 4.78 is 27.4. The fraction of sp³-hybridized carbons (Fsp3) is 0.391. The van der Waals surface area contributed by atoms with Gasteiger partial charge in [-0.1, -0.05) is 25.4 Å². The zero-order valence-electron chi connectivity index (χ0n) is 18.2. The van der Waals surface area contributed by atoms with Crippen molar-refractivity contribution in [2.45, 2.75) is 31.6 Å². The van der Waals surface area contributed by atoms with E-state index in [1.807, 2.05) is 0 Å². The standard InChI is InChI=1S/C23H28ClN3O4S/c1-16-13-17(2)15-27(14-16)32(30,31)21-9-7-20(8-10-21)26-22(28)11-12-25-23(29)18-3-5-19(24)6-4-18/h3-10,16-17H,11-15H2,1-2H3,(H,25,29)(H,26,28)/t16-,17+. The van der Waals surface area contributed by atoms with Crippen LogP contribution in [0.25, 0.3) is 0 Å². The number of amides is 2. The second-order valence-electron chi connectivity index (χ2n) is 8.35. The summed E-state index contributed by atoms with van der Waals surface area (Å²) >= 11 is 5.80. The number of hydrogen-bond donors (Lipinski definition) is 2. The summed E-state index contributed by atoms with van der Waals surface area (Å²) in [5.41, 5.74) is 0.961. The predicted octanol–water partition coefficient (Wildman–Crippen LogP) is 3.77. The molecule has 0 saturated carbocycles. The lowest BCUT2D eigenvalue weighted by atomic mass is 9.94. The van der Waals surface area contributed by atoms with Crippen LogP contribution < -0.4 is 10.6 Å². The van der Waals surface area contributed by atoms with Crippen molar-refractivity contribution < 1.29 is 18.0 Å². The van der Waals surface area contributed by atoms with Crippen LogP contribution in [0.1, 0.15) is 37.0 Å². The Balaban J connectivity index is 1.51. The molecule has 0 unspecified atom stereocenters. The van der Waals surface area contributed by atoms with Gasteiger partial charge in [0.1, 0.15) is 0 Å². The number of hydrogen-bond acceptors (Lipinski definition) is 4. The smallest absolute Gasteiger partial charge is 0.251 e. The molecular weight excluding hydrogens is 450 g/mol. The summed E-state index contributed by atoms with van der Waals surface area (Å²) in [5.74, 6) is 0.0839. The first kappa shape index (κ1) is 24.2. The third-order valence-electron chi connectivity index (χ3n) is 5.36. The van der Waals surface area contributed by atoms with Crippen molar-refractivity contribution in [3.05, 3.63) is 59.1 Å². The lowest BCUT2D eigenvalue weighted by molar-refractivity contribution is -0.116. The quantitative estimate of drug-likeness (QED) is 0.634. The molecule has 1 heterocycles. The Labute approximate surface area is 194 Å². The molecule has 3 rings (SSSR count). The fourth-order valence-electron chi connectivity index (χ4n) is 3.88. The summed E-state index contributed by atoms with van der Waals surface area (Å²) in [6.45, 7) is 5.34. The first-order valence-electron chi connectivity index (χ1n) is 10.6. The van der Waals surface area contributed by atoms with E-state index < -0.39 is 10.0 Å². The first-order chi connectivity index (χ1) is 15.1. The molecule has 0 spiro atoms. The summed E-state index contributed by atoms with van der Waals surface area (Å²) in [6.07, 6.45) is 1.11. The summed E-state index contributed by atoms with van der Waals surface area (Å²) in [6, 6.07) is 12.6. The van der Waals surface area contributed by atoms with Gasteiger partial charge >= 0.3 is 0 Å². The van der Waals surface area contributed by atoms with Gasteiger partial charge in [0.05, 0.1) is 4.90 Å². The second kappa shape index (κ2) is 10.5. The molecule has 1 aliphatic heterocycles. The summed E-state index contributed by atoms with van der Waals surface area (Å²) in [5, 5.41) is 5.94. The first-order valence-corrected chi connectivity index (χ1v) is 12.4. The monoisotopic (exact) mass is 477 g/mol. The number of sulfonamides is 1. The highest BCUT2D eigenvalue weighted by molar-refractivity contribution is 7.89. The molecule has 2 N–H and O–H groups in total. The molecule has 2 amide bonds. The maximum atomic E-state index is 12.9. The van der Waals surface area contributed by atoms with E-state index in [0.717, 1.165) is 6.42 Å². The molecule has 2 aromatic rings. The number of carbonyl (C=O) groups is 2. The number of halogens is 1. The SMILES string of the molecule is C[C@@H]1C[C@H](C)CN(S(=O)(=O)c2ccc(NC(=O)CCNC(=O)c3ccc(Cl)cc3)cc2)C1. The number of benzene rings is 2. The Morgan fingerprint density at radius 2 is 1.59 bits per heavy atom. The zero-order valence-corrected chi connectivity index (χ0v) is 19.7. The van der Waals surface area contributed by atoms with E-state index >= 15 is 0 Å². The van der Waals surface area contributed by atoms with Crippen molar-refractivity contribution >= 4 is 39.1 Å². The highest BCUT2D eigenvalue weighted by Gasteiger charge is 2.31. The minimum Gasteiger partial charge on any atom is -0.352 e. The van der Waals surface area contributed by atoms with Crippen molar-refractivity contribution in [2.24, 2.45) is 11.8 Å². The minimum absolute atomic E-state index is 0.0862. The number of nitrogens with one attached hydrogen (secondary N) is 2. The second-order valence-corrected chi connectivity index (χ2v) is 10.7. The Bertz CT molecular complexity index is 1050. The van der Waals surface area contributed by atoms with E-state index in [1.165, 1.54) is 12.1 Å². The van der Waals surface area contributed by atoms with E-state index in [1.54, 1.807) is 40.7 Å². The van der Waals surface area contributed by atoms with Crippen LogP contribution in [0.15, 0.2) is 53.4 Å². The largest absolute Gasteiger partial charge is 0.352 e. The van der Waals surface area contributed by atoms with Crippen molar-refractivity contribution in [3.8, 4) is 0 Å². The molecule has 32 heavy (non-hydrogen) atoms. The molecule has 0 aliphatic carbocycles. The molecular formula is C23H28ClN3O4S. The summed E-state index contributed by atoms with van der Waals surface area (Å²) in [4.78, 5) is 24.4. The van der Waals surface area contributed by atoms with E-state index in [4.69, 9.17) is 11.6 Å². The lowest BCUT2D eigenvalue weighted by Crippen LogP contribution is -2.42. The molecule has 0 radical (unpaired) electrons. The molecule has 1 aliphatic rings. The van der Waals surface area contributed by atoms with E-state index in [2.05, 4.69) is 24.5 Å². The highest BCUT2D eigenvalue weighted by atomic mass is 35.5. The van der Waals surface area contributed by atoms with Gasteiger partial charge in [0.15, 0.2) is 0 Å². The van der Waals surface area contributed by atoms with Crippen LogP contribution in [0.3, 0.4) is 0 Å². The molecule has 1 saturated heterocycles. The summed E-state index contributed by atoms with van der Waals surface area (Å²) in [7, 11) is -3.56. The molecule has 2 atom stereocenters. The van der Waals surface area contributed by atoms with Crippen LogP contribution in [-0.4, -0.2) is 44.2 Å². The fourth-order valence-corrected chi connectivity index (χ4v) is 5.68. The number of carbonyl (C=O) groups excluding carboxylic acids is 2. The molecule has 172 valence electrons. The van der Waals surface area contributed by atoms with Gasteiger partial charge in [-0.25, -0.2) is 8.42 Å². The maximum Gasteiger partial charge on any atom is 0.251 e. The van der Waals surface area contributed by atoms with Crippen molar-refractivity contribution in [1.29, 1.82) is 0 Å². The van der Waals surface area contributed by atoms with Crippen molar-refractivity contribution in [2.75, 3.05) is 25.0 Å². The van der Waals surface area contributed by atoms with Gasteiger partial charge in [-0.3, -0.25) is 9.59 Å². The molecule has 9 heteroatoms. The number of nitrogens with zero attached hydrogens (tertiary/aromatic N) is 1. The van der Waals surface area contributed by atoms with Crippen LogP contribution in [0.5, 0.6) is 0 Å². The van der Waals surface area contributed by atoms with Crippen LogP contribution in [0.4, 0.5) is 5.69 Å². The normalized spacial score (nSPS) is 19.3. The molecule has 0 bridgehead atoms. The van der Waals surface area contributed by atoms with Gasteiger partial charge in [0, 0.05) is 42.3 Å². The molecule has 2 aromatic carbocycles. The van der Waals surface area contributed by atoms with Crippen LogP contribution >= 0.6 is 11.6 Å². The van der Waals surface area contributed by atoms with E-state index in [-0.39, 0.29) is 29.7 Å². The van der Waals surface area contributed by atoms with Crippen LogP contribution in [-0.2, 0) is 14.8 Å². The van der Waals surface area contributed by atoms with E-state index in [9.17, 15) is 18.0 Å². The van der Waals surface area contributed by atoms with Gasteiger partial charge in [-0.15, -0.1) is 0 Å². The van der Waals surface area contributed by atoms with Crippen molar-refractivity contribution in [1.82, 2.24) is 9.62 Å². The Kier molecular flexibility index (Phi) is 7.92.